The summed E-state index contributed by atoms with van der Waals surface area (Å²) in [5, 5.41) is 5.67. The van der Waals surface area contributed by atoms with Crippen molar-refractivity contribution < 1.29 is 4.42 Å². The fourth-order valence-electron chi connectivity index (χ4n) is 6.57. The van der Waals surface area contributed by atoms with Crippen LogP contribution >= 0.6 is 0 Å². The third kappa shape index (κ3) is 4.79. The van der Waals surface area contributed by atoms with E-state index >= 15 is 0 Å². The summed E-state index contributed by atoms with van der Waals surface area (Å²) in [7, 11) is 0. The number of rotatable bonds is 6. The summed E-state index contributed by atoms with van der Waals surface area (Å²) in [4.78, 5) is 2.36. The molecule has 0 atom stereocenters. The van der Waals surface area contributed by atoms with Gasteiger partial charge in [-0.05, 0) is 87.8 Å². The lowest BCUT2D eigenvalue weighted by molar-refractivity contribution is 0.637. The van der Waals surface area contributed by atoms with Crippen LogP contribution in [0.5, 0.6) is 0 Å². The fraction of sp³-hybridized carbons (Fsp3) is 0.0233. The molecule has 0 aliphatic carbocycles. The van der Waals surface area contributed by atoms with Gasteiger partial charge in [-0.2, -0.15) is 0 Å². The van der Waals surface area contributed by atoms with Gasteiger partial charge in [-0.1, -0.05) is 121 Å². The van der Waals surface area contributed by atoms with Crippen molar-refractivity contribution >= 4 is 61.5 Å². The average Bonchev–Trinajstić information content (AvgIpc) is 3.41. The van der Waals surface area contributed by atoms with Crippen molar-refractivity contribution in [1.82, 2.24) is 0 Å². The van der Waals surface area contributed by atoms with Gasteiger partial charge in [-0.3, -0.25) is 0 Å². The lowest BCUT2D eigenvalue weighted by atomic mass is 9.97. The molecule has 3 nitrogen and oxygen atoms in total. The van der Waals surface area contributed by atoms with Crippen LogP contribution in [0.15, 0.2) is 162 Å². The predicted molar refractivity (Wildman–Crippen MR) is 196 cm³/mol. The quantitative estimate of drug-likeness (QED) is 0.209. The van der Waals surface area contributed by atoms with Crippen LogP contribution in [-0.2, 0) is 0 Å². The molecule has 0 radical (unpaired) electrons. The molecule has 0 fully saturated rings. The molecule has 0 bridgehead atoms. The first-order valence-electron chi connectivity index (χ1n) is 15.6. The van der Waals surface area contributed by atoms with Gasteiger partial charge < -0.3 is 15.1 Å². The number of hydrogen-bond acceptors (Lipinski definition) is 3. The number of fused-ring (bicyclic) bond motifs is 3. The Bertz CT molecular complexity index is 2380. The van der Waals surface area contributed by atoms with E-state index in [1.807, 2.05) is 19.1 Å². The first-order chi connectivity index (χ1) is 22.7. The largest absolute Gasteiger partial charge is 0.440 e. The second-order valence-corrected chi connectivity index (χ2v) is 11.6. The molecule has 220 valence electrons. The van der Waals surface area contributed by atoms with Crippen LogP contribution in [0.4, 0.5) is 22.9 Å². The van der Waals surface area contributed by atoms with Crippen molar-refractivity contribution in [2.75, 3.05) is 10.6 Å². The first kappa shape index (κ1) is 27.5. The van der Waals surface area contributed by atoms with E-state index in [0.717, 1.165) is 44.4 Å². The van der Waals surface area contributed by atoms with Gasteiger partial charge in [-0.15, -0.1) is 0 Å². The molecule has 46 heavy (non-hydrogen) atoms. The SMILES string of the molecule is C/C=C\c1c(N)oc2cc3cccc(N(c4ccc(-c5ccccc5)cc4)c4cccc(-c5cccc6ccccc56)c4)c3cc12. The normalized spacial score (nSPS) is 11.6. The van der Waals surface area contributed by atoms with Crippen LogP contribution < -0.4 is 10.6 Å². The number of hydrogen-bond donors (Lipinski definition) is 1. The molecule has 8 rings (SSSR count). The lowest BCUT2D eigenvalue weighted by Gasteiger charge is -2.27. The van der Waals surface area contributed by atoms with Crippen molar-refractivity contribution in [1.29, 1.82) is 0 Å². The monoisotopic (exact) mass is 592 g/mol. The minimum absolute atomic E-state index is 0.432. The maximum atomic E-state index is 6.33. The number of allylic oxidation sites excluding steroid dienone is 1. The van der Waals surface area contributed by atoms with Crippen molar-refractivity contribution in [2.45, 2.75) is 6.92 Å². The maximum absolute atomic E-state index is 6.33. The lowest BCUT2D eigenvalue weighted by Crippen LogP contribution is -2.10. The van der Waals surface area contributed by atoms with Crippen molar-refractivity contribution in [3.63, 3.8) is 0 Å². The Hall–Kier alpha value is -6.06. The summed E-state index contributed by atoms with van der Waals surface area (Å²) in [5.41, 5.74) is 16.0. The Labute approximate surface area is 268 Å². The molecule has 7 aromatic carbocycles. The van der Waals surface area contributed by atoms with Crippen molar-refractivity contribution in [3.05, 3.63) is 163 Å². The summed E-state index contributed by atoms with van der Waals surface area (Å²) in [5.74, 6) is 0.432. The summed E-state index contributed by atoms with van der Waals surface area (Å²) < 4.78 is 6.00. The molecule has 1 aromatic heterocycles. The fourth-order valence-corrected chi connectivity index (χ4v) is 6.57. The molecule has 0 aliphatic rings. The highest BCUT2D eigenvalue weighted by atomic mass is 16.3. The van der Waals surface area contributed by atoms with E-state index in [0.29, 0.717) is 5.88 Å². The minimum Gasteiger partial charge on any atom is -0.440 e. The Morgan fingerprint density at radius 1 is 0.543 bits per heavy atom. The summed E-state index contributed by atoms with van der Waals surface area (Å²) in [6.07, 6.45) is 4.01. The summed E-state index contributed by atoms with van der Waals surface area (Å²) in [6, 6.07) is 54.0. The zero-order valence-corrected chi connectivity index (χ0v) is 25.5. The molecule has 8 aromatic rings. The van der Waals surface area contributed by atoms with Gasteiger partial charge in [-0.25, -0.2) is 0 Å². The van der Waals surface area contributed by atoms with Crippen LogP contribution in [0.2, 0.25) is 0 Å². The van der Waals surface area contributed by atoms with Crippen molar-refractivity contribution in [3.8, 4) is 22.3 Å². The highest BCUT2D eigenvalue weighted by Gasteiger charge is 2.19. The number of nitrogens with two attached hydrogens (primary N) is 1. The van der Waals surface area contributed by atoms with E-state index in [4.69, 9.17) is 10.2 Å². The molecule has 0 saturated carbocycles. The molecular weight excluding hydrogens is 560 g/mol. The Morgan fingerprint density at radius 2 is 1.24 bits per heavy atom. The molecule has 0 saturated heterocycles. The smallest absolute Gasteiger partial charge is 0.198 e. The van der Waals surface area contributed by atoms with Gasteiger partial charge in [0.05, 0.1) is 5.69 Å². The minimum atomic E-state index is 0.432. The standard InChI is InChI=1S/C43H32N2O/c1-2-11-38-40-28-39-33(27-42(40)46-43(38)44)17-10-21-41(39)45(34-24-22-30(23-25-34)29-12-4-3-5-13-29)35-18-8-16-32(26-35)37-20-9-15-31-14-6-7-19-36(31)37/h2-28H,44H2,1H3/b11-2-. The molecule has 0 aliphatic heterocycles. The Balaban J connectivity index is 1.35. The van der Waals surface area contributed by atoms with Gasteiger partial charge in [0.25, 0.3) is 0 Å². The van der Waals surface area contributed by atoms with Gasteiger partial charge in [0.2, 0.25) is 0 Å². The third-order valence-corrected chi connectivity index (χ3v) is 8.74. The second kappa shape index (κ2) is 11.5. The molecule has 1 heterocycles. The van der Waals surface area contributed by atoms with E-state index < -0.39 is 0 Å². The highest BCUT2D eigenvalue weighted by molar-refractivity contribution is 6.08. The summed E-state index contributed by atoms with van der Waals surface area (Å²) in [6.45, 7) is 1.99. The molecule has 0 spiro atoms. The molecule has 3 heteroatoms. The van der Waals surface area contributed by atoms with E-state index in [1.165, 1.54) is 33.0 Å². The molecular formula is C43H32N2O. The number of furan rings is 1. The average molecular weight is 593 g/mol. The van der Waals surface area contributed by atoms with E-state index in [2.05, 4.69) is 157 Å². The van der Waals surface area contributed by atoms with Gasteiger partial charge in [0.15, 0.2) is 5.88 Å². The number of anilines is 4. The molecule has 0 unspecified atom stereocenters. The van der Waals surface area contributed by atoms with Crippen molar-refractivity contribution in [2.24, 2.45) is 0 Å². The third-order valence-electron chi connectivity index (χ3n) is 8.74. The van der Waals surface area contributed by atoms with Crippen LogP contribution in [0.1, 0.15) is 12.5 Å². The maximum Gasteiger partial charge on any atom is 0.198 e. The molecule has 2 N–H and O–H groups in total. The predicted octanol–water partition coefficient (Wildman–Crippen LogP) is 12.2. The van der Waals surface area contributed by atoms with Crippen LogP contribution in [0, 0.1) is 0 Å². The van der Waals surface area contributed by atoms with Crippen LogP contribution in [0.25, 0.3) is 60.8 Å². The van der Waals surface area contributed by atoms with E-state index in [9.17, 15) is 0 Å². The van der Waals surface area contributed by atoms with Gasteiger partial charge >= 0.3 is 0 Å². The number of nitrogen functional groups attached to an aromatic ring is 1. The van der Waals surface area contributed by atoms with Crippen LogP contribution in [-0.4, -0.2) is 0 Å². The van der Waals surface area contributed by atoms with Crippen LogP contribution in [0.3, 0.4) is 0 Å². The van der Waals surface area contributed by atoms with E-state index in [-0.39, 0.29) is 0 Å². The molecule has 0 amide bonds. The zero-order valence-electron chi connectivity index (χ0n) is 25.5. The topological polar surface area (TPSA) is 42.4 Å². The highest BCUT2D eigenvalue weighted by Crippen LogP contribution is 2.43. The van der Waals surface area contributed by atoms with E-state index in [1.54, 1.807) is 0 Å². The Kier molecular flexibility index (Phi) is 6.85. The first-order valence-corrected chi connectivity index (χ1v) is 15.6. The van der Waals surface area contributed by atoms with Gasteiger partial charge in [0.1, 0.15) is 5.58 Å². The number of benzene rings is 7. The Morgan fingerprint density at radius 3 is 2.09 bits per heavy atom. The summed E-state index contributed by atoms with van der Waals surface area (Å²) >= 11 is 0. The van der Waals surface area contributed by atoms with Gasteiger partial charge in [0, 0.05) is 27.7 Å². The second-order valence-electron chi connectivity index (χ2n) is 11.6. The zero-order chi connectivity index (χ0) is 31.0. The number of nitrogens with zero attached hydrogens (tertiary/aromatic N) is 1.